The van der Waals surface area contributed by atoms with Gasteiger partial charge in [-0.15, -0.1) is 0 Å². The molecule has 1 aliphatic carbocycles. The summed E-state index contributed by atoms with van der Waals surface area (Å²) in [6.07, 6.45) is 2.23. The van der Waals surface area contributed by atoms with E-state index < -0.39 is 0 Å². The number of hydrogen-bond donors (Lipinski definition) is 1. The van der Waals surface area contributed by atoms with Crippen LogP contribution in [0.5, 0.6) is 0 Å². The normalized spacial score (nSPS) is 13.5. The van der Waals surface area contributed by atoms with Gasteiger partial charge >= 0.3 is 0 Å². The summed E-state index contributed by atoms with van der Waals surface area (Å²) in [5.41, 5.74) is 5.06. The summed E-state index contributed by atoms with van der Waals surface area (Å²) in [6.45, 7) is 2.36. The number of carbonyl (C=O) groups is 1. The minimum Gasteiger partial charge on any atom is -0.348 e. The fourth-order valence-corrected chi connectivity index (χ4v) is 3.83. The van der Waals surface area contributed by atoms with E-state index in [1.807, 2.05) is 72.3 Å². The zero-order chi connectivity index (χ0) is 20.7. The molecule has 0 aliphatic heterocycles. The first-order valence-electron chi connectivity index (χ1n) is 10.1. The van der Waals surface area contributed by atoms with Crippen molar-refractivity contribution in [2.45, 2.75) is 32.2 Å². The number of aryl methyl sites for hydroxylation is 1. The highest BCUT2D eigenvalue weighted by molar-refractivity contribution is 6.30. The van der Waals surface area contributed by atoms with Crippen molar-refractivity contribution >= 4 is 28.5 Å². The van der Waals surface area contributed by atoms with Crippen LogP contribution in [0, 0.1) is 6.92 Å². The predicted octanol–water partition coefficient (Wildman–Crippen LogP) is 5.19. The monoisotopic (exact) mass is 416 g/mol. The SMILES string of the molecule is Cc1nn(-c2ccccc2)c2nc(C3CC3)cc(C(=O)NCc3ccc(Cl)cc3)c12. The molecule has 0 radical (unpaired) electrons. The van der Waals surface area contributed by atoms with Crippen LogP contribution in [0.2, 0.25) is 5.02 Å². The fraction of sp³-hybridized carbons (Fsp3) is 0.208. The van der Waals surface area contributed by atoms with Gasteiger partial charge in [-0.1, -0.05) is 41.9 Å². The Kier molecular flexibility index (Phi) is 4.75. The molecule has 2 aromatic carbocycles. The molecule has 1 N–H and O–H groups in total. The summed E-state index contributed by atoms with van der Waals surface area (Å²) >= 11 is 5.96. The number of pyridine rings is 1. The summed E-state index contributed by atoms with van der Waals surface area (Å²) in [6, 6.07) is 19.3. The van der Waals surface area contributed by atoms with E-state index >= 15 is 0 Å². The van der Waals surface area contributed by atoms with Crippen LogP contribution in [0.15, 0.2) is 60.7 Å². The van der Waals surface area contributed by atoms with E-state index in [9.17, 15) is 4.79 Å². The smallest absolute Gasteiger partial charge is 0.252 e. The molecule has 4 aromatic rings. The van der Waals surface area contributed by atoms with Crippen LogP contribution in [-0.4, -0.2) is 20.7 Å². The minimum absolute atomic E-state index is 0.116. The molecule has 2 heterocycles. The number of aromatic nitrogens is 3. The molecule has 0 saturated heterocycles. The molecular formula is C24H21ClN4O. The van der Waals surface area contributed by atoms with Crippen molar-refractivity contribution in [3.05, 3.63) is 88.2 Å². The molecule has 30 heavy (non-hydrogen) atoms. The van der Waals surface area contributed by atoms with Crippen LogP contribution in [0.3, 0.4) is 0 Å². The summed E-state index contributed by atoms with van der Waals surface area (Å²) in [5.74, 6) is 0.312. The molecule has 1 amide bonds. The molecule has 150 valence electrons. The van der Waals surface area contributed by atoms with Gasteiger partial charge in [0.2, 0.25) is 0 Å². The first-order valence-corrected chi connectivity index (χ1v) is 10.5. The number of para-hydroxylation sites is 1. The number of fused-ring (bicyclic) bond motifs is 1. The van der Waals surface area contributed by atoms with E-state index in [1.54, 1.807) is 0 Å². The average molecular weight is 417 g/mol. The van der Waals surface area contributed by atoms with E-state index in [1.165, 1.54) is 0 Å². The highest BCUT2D eigenvalue weighted by atomic mass is 35.5. The molecule has 1 fully saturated rings. The lowest BCUT2D eigenvalue weighted by Crippen LogP contribution is -2.23. The quantitative estimate of drug-likeness (QED) is 0.487. The maximum absolute atomic E-state index is 13.2. The maximum Gasteiger partial charge on any atom is 0.252 e. The lowest BCUT2D eigenvalue weighted by atomic mass is 10.1. The van der Waals surface area contributed by atoms with Crippen LogP contribution in [-0.2, 0) is 6.54 Å². The van der Waals surface area contributed by atoms with Crippen molar-refractivity contribution < 1.29 is 4.79 Å². The second-order valence-electron chi connectivity index (χ2n) is 7.71. The predicted molar refractivity (Wildman–Crippen MR) is 118 cm³/mol. The van der Waals surface area contributed by atoms with Gasteiger partial charge in [0.05, 0.1) is 22.3 Å². The number of rotatable bonds is 5. The number of benzene rings is 2. The fourth-order valence-electron chi connectivity index (χ4n) is 3.70. The van der Waals surface area contributed by atoms with Crippen LogP contribution >= 0.6 is 11.6 Å². The summed E-state index contributed by atoms with van der Waals surface area (Å²) in [7, 11) is 0. The molecular weight excluding hydrogens is 396 g/mol. The number of hydrogen-bond acceptors (Lipinski definition) is 3. The Labute approximate surface area is 179 Å². The van der Waals surface area contributed by atoms with Crippen molar-refractivity contribution in [1.29, 1.82) is 0 Å². The minimum atomic E-state index is -0.116. The Balaban J connectivity index is 1.56. The Hall–Kier alpha value is -3.18. The van der Waals surface area contributed by atoms with Crippen LogP contribution in [0.25, 0.3) is 16.7 Å². The molecule has 5 nitrogen and oxygen atoms in total. The first-order chi connectivity index (χ1) is 14.6. The van der Waals surface area contributed by atoms with Gasteiger partial charge in [0.1, 0.15) is 0 Å². The average Bonchev–Trinajstić information content (AvgIpc) is 3.57. The Bertz CT molecular complexity index is 1230. The van der Waals surface area contributed by atoms with Crippen molar-refractivity contribution in [3.8, 4) is 5.69 Å². The summed E-state index contributed by atoms with van der Waals surface area (Å²) in [4.78, 5) is 18.1. The lowest BCUT2D eigenvalue weighted by Gasteiger charge is -2.10. The van der Waals surface area contributed by atoms with Gasteiger partial charge in [0, 0.05) is 23.2 Å². The number of nitrogens with zero attached hydrogens (tertiary/aromatic N) is 3. The van der Waals surface area contributed by atoms with Crippen LogP contribution in [0.4, 0.5) is 0 Å². The van der Waals surface area contributed by atoms with Gasteiger partial charge in [-0.2, -0.15) is 5.10 Å². The van der Waals surface area contributed by atoms with Gasteiger partial charge in [0.15, 0.2) is 5.65 Å². The Morgan fingerprint density at radius 3 is 2.57 bits per heavy atom. The van der Waals surface area contributed by atoms with Gasteiger partial charge < -0.3 is 5.32 Å². The summed E-state index contributed by atoms with van der Waals surface area (Å²) in [5, 5.41) is 9.24. The zero-order valence-electron chi connectivity index (χ0n) is 16.6. The third-order valence-electron chi connectivity index (χ3n) is 5.44. The Morgan fingerprint density at radius 1 is 1.13 bits per heavy atom. The van der Waals surface area contributed by atoms with Gasteiger partial charge in [-0.05, 0) is 55.7 Å². The van der Waals surface area contributed by atoms with E-state index in [0.717, 1.165) is 46.5 Å². The molecule has 1 saturated carbocycles. The lowest BCUT2D eigenvalue weighted by molar-refractivity contribution is 0.0952. The molecule has 0 atom stereocenters. The largest absolute Gasteiger partial charge is 0.348 e. The standard InChI is InChI=1S/C24H21ClN4O/c1-15-22-20(24(30)26-14-16-7-11-18(25)12-8-16)13-21(17-9-10-17)27-23(22)29(28-15)19-5-3-2-4-6-19/h2-8,11-13,17H,9-10,14H2,1H3,(H,26,30). The molecule has 2 aromatic heterocycles. The highest BCUT2D eigenvalue weighted by Gasteiger charge is 2.29. The van der Waals surface area contributed by atoms with Gasteiger partial charge in [-0.25, -0.2) is 9.67 Å². The van der Waals surface area contributed by atoms with Gasteiger partial charge in [0.25, 0.3) is 5.91 Å². The molecule has 6 heteroatoms. The van der Waals surface area contributed by atoms with Crippen LogP contribution < -0.4 is 5.32 Å². The number of amides is 1. The van der Waals surface area contributed by atoms with Crippen molar-refractivity contribution in [1.82, 2.24) is 20.1 Å². The third-order valence-corrected chi connectivity index (χ3v) is 5.69. The van der Waals surface area contributed by atoms with Crippen molar-refractivity contribution in [2.75, 3.05) is 0 Å². The second kappa shape index (κ2) is 7.58. The van der Waals surface area contributed by atoms with Gasteiger partial charge in [-0.3, -0.25) is 4.79 Å². The Morgan fingerprint density at radius 2 is 1.87 bits per heavy atom. The zero-order valence-corrected chi connectivity index (χ0v) is 17.4. The van der Waals surface area contributed by atoms with Crippen LogP contribution in [0.1, 0.15) is 46.1 Å². The number of nitrogens with one attached hydrogen (secondary N) is 1. The van der Waals surface area contributed by atoms with Crippen molar-refractivity contribution in [2.24, 2.45) is 0 Å². The maximum atomic E-state index is 13.2. The highest BCUT2D eigenvalue weighted by Crippen LogP contribution is 2.40. The van der Waals surface area contributed by atoms with E-state index in [-0.39, 0.29) is 5.91 Å². The molecule has 0 spiro atoms. The second-order valence-corrected chi connectivity index (χ2v) is 8.15. The van der Waals surface area contributed by atoms with E-state index in [4.69, 9.17) is 21.7 Å². The topological polar surface area (TPSA) is 59.8 Å². The molecule has 0 bridgehead atoms. The number of carbonyl (C=O) groups excluding carboxylic acids is 1. The van der Waals surface area contributed by atoms with E-state index in [0.29, 0.717) is 23.0 Å². The molecule has 0 unspecified atom stereocenters. The third kappa shape index (κ3) is 3.57. The van der Waals surface area contributed by atoms with Crippen molar-refractivity contribution in [3.63, 3.8) is 0 Å². The first kappa shape index (κ1) is 18.8. The number of halogens is 1. The summed E-state index contributed by atoms with van der Waals surface area (Å²) < 4.78 is 1.84. The molecule has 1 aliphatic rings. The molecule has 5 rings (SSSR count). The van der Waals surface area contributed by atoms with E-state index in [2.05, 4.69) is 5.32 Å².